The van der Waals surface area contributed by atoms with Crippen molar-refractivity contribution in [1.82, 2.24) is 5.32 Å². The molecule has 1 aliphatic heterocycles. The fourth-order valence-electron chi connectivity index (χ4n) is 1.09. The first kappa shape index (κ1) is 3.44. The zero-order valence-corrected chi connectivity index (χ0v) is 6.05. The van der Waals surface area contributed by atoms with Gasteiger partial charge in [-0.2, -0.15) is 0 Å². The molecule has 0 saturated carbocycles. The van der Waals surface area contributed by atoms with Gasteiger partial charge in [-0.25, -0.2) is 0 Å². The van der Waals surface area contributed by atoms with Gasteiger partial charge in [0.15, 0.2) is 0 Å². The molecule has 0 aliphatic carbocycles. The van der Waals surface area contributed by atoms with E-state index in [2.05, 4.69) is 5.32 Å². The summed E-state index contributed by atoms with van der Waals surface area (Å²) in [6.45, 7) is -5.62. The lowest BCUT2D eigenvalue weighted by atomic mass is 9.83. The number of aliphatic carboxylic acids is 1. The molecule has 0 bridgehead atoms. The van der Waals surface area contributed by atoms with E-state index >= 15 is 0 Å². The van der Waals surface area contributed by atoms with Crippen LogP contribution >= 0.6 is 0 Å². The van der Waals surface area contributed by atoms with E-state index in [1.807, 2.05) is 0 Å². The summed E-state index contributed by atoms with van der Waals surface area (Å²) in [6, 6.07) is -0.868. The van der Waals surface area contributed by atoms with Gasteiger partial charge in [-0.05, 0) is 18.3 Å². The molecule has 1 saturated heterocycles. The molecule has 0 aromatic heterocycles. The molecular weight excluding hydrogens is 142 g/mol. The van der Waals surface area contributed by atoms with Gasteiger partial charge in [0.05, 0.1) is 0 Å². The Morgan fingerprint density at radius 1 is 1.82 bits per heavy atom. The number of nitrogens with one attached hydrogen (secondary N) is 1. The van der Waals surface area contributed by atoms with Gasteiger partial charge in [-0.15, -0.1) is 0 Å². The molecule has 1 atom stereocenters. The van der Waals surface area contributed by atoms with Crippen molar-refractivity contribution < 1.29 is 18.1 Å². The molecule has 0 aromatic rings. The lowest BCUT2D eigenvalue weighted by Gasteiger charge is -2.33. The quantitative estimate of drug-likeness (QED) is 0.602. The van der Waals surface area contributed by atoms with E-state index in [1.54, 1.807) is 0 Å². The van der Waals surface area contributed by atoms with Crippen LogP contribution in [-0.2, 0) is 4.79 Å². The number of piperidine rings is 1. The molecule has 0 spiro atoms. The Hall–Kier alpha value is -0.570. The average molecular weight is 163 g/mol. The van der Waals surface area contributed by atoms with E-state index in [0.717, 1.165) is 0 Å². The number of hydrogen-bond acceptors (Lipinski definition) is 2. The number of hydrogen-bond donors (Lipinski definition) is 2. The molecule has 3 nitrogen and oxygen atoms in total. The molecule has 2 N–H and O–H groups in total. The van der Waals surface area contributed by atoms with Gasteiger partial charge in [-0.3, -0.25) is 4.79 Å². The Bertz CT molecular complexity index is 286. The minimum Gasteiger partial charge on any atom is -0.480 e. The van der Waals surface area contributed by atoms with Crippen LogP contribution in [0.25, 0.3) is 0 Å². The molecule has 1 rings (SSSR count). The van der Waals surface area contributed by atoms with Crippen LogP contribution in [-0.4, -0.2) is 23.7 Å². The minimum absolute atomic E-state index is 0.00606. The summed E-state index contributed by atoms with van der Waals surface area (Å²) in [7, 11) is 0. The van der Waals surface area contributed by atoms with Gasteiger partial charge in [0.1, 0.15) is 6.04 Å². The maximum absolute atomic E-state index is 10.7. The lowest BCUT2D eigenvalue weighted by Crippen LogP contribution is -2.47. The Labute approximate surface area is 75.2 Å². The molecule has 0 aromatic carbocycles. The number of carbonyl (C=O) groups is 1. The molecule has 1 heterocycles. The molecule has 3 heteroatoms. The predicted molar refractivity (Wildman–Crippen MR) is 42.4 cm³/mol. The summed E-state index contributed by atoms with van der Waals surface area (Å²) in [5, 5.41) is 11.3. The van der Waals surface area contributed by atoms with Crippen molar-refractivity contribution in [3.05, 3.63) is 0 Å². The highest BCUT2D eigenvalue weighted by Gasteiger charge is 2.29. The summed E-state index contributed by atoms with van der Waals surface area (Å²) in [5.41, 5.74) is -1.86. The SMILES string of the molecule is [2H]C([2H])([2H])C1(C([2H])([2H])[2H])CCC(C(=O)O)NC1. The summed E-state index contributed by atoms with van der Waals surface area (Å²) < 4.78 is 44.3. The number of rotatable bonds is 1. The van der Waals surface area contributed by atoms with Crippen LogP contribution in [0.15, 0.2) is 0 Å². The topological polar surface area (TPSA) is 49.3 Å². The lowest BCUT2D eigenvalue weighted by molar-refractivity contribution is -0.140. The van der Waals surface area contributed by atoms with Crippen molar-refractivity contribution in [1.29, 1.82) is 0 Å². The second kappa shape index (κ2) is 2.81. The van der Waals surface area contributed by atoms with E-state index in [9.17, 15) is 4.79 Å². The first-order valence-corrected chi connectivity index (χ1v) is 3.47. The highest BCUT2D eigenvalue weighted by atomic mass is 16.4. The van der Waals surface area contributed by atoms with Gasteiger partial charge in [0, 0.05) is 14.8 Å². The molecule has 0 amide bonds. The zero-order valence-electron chi connectivity index (χ0n) is 12.1. The van der Waals surface area contributed by atoms with Crippen LogP contribution < -0.4 is 5.32 Å². The van der Waals surface area contributed by atoms with E-state index < -0.39 is 31.1 Å². The highest BCUT2D eigenvalue weighted by molar-refractivity contribution is 5.73. The second-order valence-electron chi connectivity index (χ2n) is 2.89. The van der Waals surface area contributed by atoms with Crippen molar-refractivity contribution in [2.75, 3.05) is 6.54 Å². The van der Waals surface area contributed by atoms with Crippen molar-refractivity contribution in [3.63, 3.8) is 0 Å². The van der Waals surface area contributed by atoms with Crippen LogP contribution in [0.2, 0.25) is 0 Å². The van der Waals surface area contributed by atoms with Crippen LogP contribution in [0.1, 0.15) is 34.8 Å². The standard InChI is InChI=1S/C8H15NO2/c1-8(2)4-3-6(7(10)11)9-5-8/h6,9H,3-5H2,1-2H3,(H,10,11)/i1D3,2D3. The molecule has 0 radical (unpaired) electrons. The Morgan fingerprint density at radius 3 is 2.91 bits per heavy atom. The van der Waals surface area contributed by atoms with E-state index in [0.29, 0.717) is 0 Å². The van der Waals surface area contributed by atoms with Crippen LogP contribution in [0.4, 0.5) is 0 Å². The predicted octanol–water partition coefficient (Wildman–Crippen LogP) is 0.849. The first-order valence-electron chi connectivity index (χ1n) is 6.47. The molecule has 1 aliphatic rings. The van der Waals surface area contributed by atoms with Crippen LogP contribution in [0.5, 0.6) is 0 Å². The number of carboxylic acid groups (broad SMARTS) is 1. The summed E-state index contributed by atoms with van der Waals surface area (Å²) >= 11 is 0. The third-order valence-electron chi connectivity index (χ3n) is 1.81. The van der Waals surface area contributed by atoms with Gasteiger partial charge < -0.3 is 10.4 Å². The van der Waals surface area contributed by atoms with Crippen LogP contribution in [0.3, 0.4) is 0 Å². The molecule has 1 fully saturated rings. The third kappa shape index (κ3) is 2.19. The average Bonchev–Trinajstić information content (AvgIpc) is 2.14. The summed E-state index contributed by atoms with van der Waals surface area (Å²) in [5.74, 6) is -1.09. The van der Waals surface area contributed by atoms with Crippen molar-refractivity contribution in [2.24, 2.45) is 5.41 Å². The molecule has 64 valence electrons. The minimum atomic E-state index is -2.64. The number of carboxylic acids is 1. The first-order chi connectivity index (χ1) is 7.51. The molecular formula is C8H15NO2. The van der Waals surface area contributed by atoms with E-state index in [4.69, 9.17) is 13.3 Å². The summed E-state index contributed by atoms with van der Waals surface area (Å²) in [4.78, 5) is 10.7. The van der Waals surface area contributed by atoms with Crippen molar-refractivity contribution in [2.45, 2.75) is 32.6 Å². The Kier molecular flexibility index (Phi) is 0.879. The summed E-state index contributed by atoms with van der Waals surface area (Å²) in [6.07, 6.45) is -0.143. The van der Waals surface area contributed by atoms with Crippen molar-refractivity contribution >= 4 is 5.97 Å². The Morgan fingerprint density at radius 2 is 2.55 bits per heavy atom. The van der Waals surface area contributed by atoms with Gasteiger partial charge in [0.2, 0.25) is 0 Å². The maximum atomic E-state index is 10.7. The van der Waals surface area contributed by atoms with E-state index in [-0.39, 0.29) is 19.4 Å². The molecule has 11 heavy (non-hydrogen) atoms. The molecule has 1 unspecified atom stereocenters. The normalized spacial score (nSPS) is 40.2. The Balaban J connectivity index is 2.96. The largest absolute Gasteiger partial charge is 0.480 e. The highest BCUT2D eigenvalue weighted by Crippen LogP contribution is 2.26. The third-order valence-corrected chi connectivity index (χ3v) is 1.81. The maximum Gasteiger partial charge on any atom is 0.320 e. The van der Waals surface area contributed by atoms with Crippen molar-refractivity contribution in [3.8, 4) is 0 Å². The van der Waals surface area contributed by atoms with Gasteiger partial charge in [-0.1, -0.05) is 13.7 Å². The fourth-order valence-corrected chi connectivity index (χ4v) is 1.09. The fraction of sp³-hybridized carbons (Fsp3) is 0.875. The van der Waals surface area contributed by atoms with Gasteiger partial charge in [0.25, 0.3) is 0 Å². The van der Waals surface area contributed by atoms with Crippen LogP contribution in [0, 0.1) is 5.41 Å². The van der Waals surface area contributed by atoms with E-state index in [1.165, 1.54) is 0 Å². The monoisotopic (exact) mass is 163 g/mol. The smallest absolute Gasteiger partial charge is 0.320 e. The van der Waals surface area contributed by atoms with Gasteiger partial charge >= 0.3 is 5.97 Å². The zero-order chi connectivity index (χ0) is 13.5. The second-order valence-corrected chi connectivity index (χ2v) is 2.89.